The highest BCUT2D eigenvalue weighted by Gasteiger charge is 2.47. The van der Waals surface area contributed by atoms with E-state index >= 15 is 0 Å². The molecule has 0 spiro atoms. The van der Waals surface area contributed by atoms with Crippen LogP contribution < -0.4 is 0 Å². The maximum Gasteiger partial charge on any atom is 0.508 e. The fraction of sp³-hybridized carbons (Fsp3) is 0.625. The highest BCUT2D eigenvalue weighted by Crippen LogP contribution is 2.27. The third kappa shape index (κ3) is 7.18. The van der Waals surface area contributed by atoms with Crippen LogP contribution in [0.2, 0.25) is 0 Å². The van der Waals surface area contributed by atoms with Gasteiger partial charge in [0, 0.05) is 18.3 Å². The predicted octanol–water partition coefficient (Wildman–Crippen LogP) is 4.28. The molecule has 0 aliphatic heterocycles. The molecule has 0 aromatic heterocycles. The van der Waals surface area contributed by atoms with Crippen LogP contribution in [0.4, 0.5) is 4.39 Å². The van der Waals surface area contributed by atoms with Crippen molar-refractivity contribution < 1.29 is 17.7 Å². The lowest BCUT2D eigenvalue weighted by Crippen LogP contribution is -2.55. The van der Waals surface area contributed by atoms with Gasteiger partial charge in [-0.3, -0.25) is 0 Å². The van der Waals surface area contributed by atoms with E-state index in [9.17, 15) is 4.39 Å². The molecule has 0 aliphatic carbocycles. The van der Waals surface area contributed by atoms with Crippen LogP contribution in [0.5, 0.6) is 0 Å². The van der Waals surface area contributed by atoms with Crippen molar-refractivity contribution in [2.75, 3.05) is 0 Å². The van der Waals surface area contributed by atoms with Gasteiger partial charge in [0.25, 0.3) is 0 Å². The first-order valence-electron chi connectivity index (χ1n) is 7.40. The van der Waals surface area contributed by atoms with Crippen molar-refractivity contribution >= 4 is 8.80 Å². The average Bonchev–Trinajstić information content (AvgIpc) is 2.24. The summed E-state index contributed by atoms with van der Waals surface area (Å²) in [5, 5.41) is 0. The first kappa shape index (κ1) is 18.3. The molecular formula is C16H27FO3Si. The third-order valence-corrected chi connectivity index (χ3v) is 5.79. The topological polar surface area (TPSA) is 27.7 Å². The first-order valence-corrected chi connectivity index (χ1v) is 9.34. The van der Waals surface area contributed by atoms with Crippen molar-refractivity contribution in [3.05, 3.63) is 35.9 Å². The van der Waals surface area contributed by atoms with Gasteiger partial charge in [0.15, 0.2) is 5.85 Å². The third-order valence-electron chi connectivity index (χ3n) is 2.49. The molecule has 0 saturated carbocycles. The van der Waals surface area contributed by atoms with Gasteiger partial charge in [-0.15, -0.1) is 0 Å². The van der Waals surface area contributed by atoms with Gasteiger partial charge in [-0.1, -0.05) is 30.3 Å². The number of hydrogen-bond acceptors (Lipinski definition) is 3. The Kier molecular flexibility index (Phi) is 6.53. The number of alkyl halides is 1. The molecule has 120 valence electrons. The van der Waals surface area contributed by atoms with Crippen LogP contribution in [0.15, 0.2) is 30.3 Å². The van der Waals surface area contributed by atoms with Gasteiger partial charge in [-0.25, -0.2) is 4.39 Å². The van der Waals surface area contributed by atoms with Crippen LogP contribution in [0.1, 0.15) is 47.1 Å². The Balaban J connectivity index is 3.08. The first-order chi connectivity index (χ1) is 9.62. The van der Waals surface area contributed by atoms with Gasteiger partial charge < -0.3 is 13.3 Å². The molecule has 1 aromatic rings. The largest absolute Gasteiger partial charge is 0.508 e. The molecule has 0 N–H and O–H groups in total. The number of halogens is 1. The molecule has 1 aromatic carbocycles. The van der Waals surface area contributed by atoms with Gasteiger partial charge in [-0.2, -0.15) is 0 Å². The molecule has 0 aliphatic rings. The summed E-state index contributed by atoms with van der Waals surface area (Å²) < 4.78 is 31.8. The lowest BCUT2D eigenvalue weighted by Gasteiger charge is -2.36. The van der Waals surface area contributed by atoms with Crippen LogP contribution in [-0.4, -0.2) is 26.9 Å². The Labute approximate surface area is 128 Å². The van der Waals surface area contributed by atoms with Crippen molar-refractivity contribution in [3.63, 3.8) is 0 Å². The van der Waals surface area contributed by atoms with Crippen LogP contribution in [0.25, 0.3) is 0 Å². The Bertz CT molecular complexity index is 405. The minimum Gasteiger partial charge on any atom is -0.371 e. The second-order valence-corrected chi connectivity index (χ2v) is 8.54. The summed E-state index contributed by atoms with van der Waals surface area (Å²) in [5.74, 6) is -1.80. The van der Waals surface area contributed by atoms with E-state index in [-0.39, 0.29) is 12.2 Å². The van der Waals surface area contributed by atoms with Gasteiger partial charge >= 0.3 is 8.80 Å². The molecule has 3 nitrogen and oxygen atoms in total. The second-order valence-electron chi connectivity index (χ2n) is 6.14. The van der Waals surface area contributed by atoms with Crippen molar-refractivity contribution in [2.45, 2.75) is 65.6 Å². The fourth-order valence-electron chi connectivity index (χ4n) is 2.13. The van der Waals surface area contributed by atoms with Crippen molar-refractivity contribution in [1.29, 1.82) is 0 Å². The Morgan fingerprint density at radius 3 is 1.86 bits per heavy atom. The minimum absolute atomic E-state index is 0.0959. The van der Waals surface area contributed by atoms with E-state index in [1.54, 1.807) is 0 Å². The summed E-state index contributed by atoms with van der Waals surface area (Å²) in [6.45, 7) is 10.4. The Morgan fingerprint density at radius 2 is 1.48 bits per heavy atom. The SMILES string of the molecule is CC(C)O[Si](Cc1ccccc1)(OC(C)C)OC(C)(C)F. The van der Waals surface area contributed by atoms with Crippen LogP contribution in [0.3, 0.4) is 0 Å². The summed E-state index contributed by atoms with van der Waals surface area (Å²) >= 11 is 0. The molecule has 5 heteroatoms. The zero-order valence-electron chi connectivity index (χ0n) is 13.9. The summed E-state index contributed by atoms with van der Waals surface area (Å²) in [6.07, 6.45) is -0.192. The van der Waals surface area contributed by atoms with Gasteiger partial charge in [-0.05, 0) is 47.1 Å². The lowest BCUT2D eigenvalue weighted by molar-refractivity contribution is -0.102. The van der Waals surface area contributed by atoms with E-state index in [1.165, 1.54) is 13.8 Å². The van der Waals surface area contributed by atoms with Crippen molar-refractivity contribution in [3.8, 4) is 0 Å². The zero-order valence-corrected chi connectivity index (χ0v) is 14.9. The monoisotopic (exact) mass is 314 g/mol. The van der Waals surface area contributed by atoms with Gasteiger partial charge in [0.2, 0.25) is 0 Å². The second kappa shape index (κ2) is 7.49. The molecule has 0 saturated heterocycles. The molecule has 0 bridgehead atoms. The molecule has 0 heterocycles. The molecule has 0 unspecified atom stereocenters. The van der Waals surface area contributed by atoms with E-state index < -0.39 is 14.7 Å². The highest BCUT2D eigenvalue weighted by molar-refractivity contribution is 6.60. The van der Waals surface area contributed by atoms with E-state index in [1.807, 2.05) is 58.0 Å². The normalized spacial score (nSPS) is 13.2. The molecule has 0 atom stereocenters. The van der Waals surface area contributed by atoms with Crippen LogP contribution in [0, 0.1) is 0 Å². The van der Waals surface area contributed by atoms with Crippen LogP contribution >= 0.6 is 0 Å². The lowest BCUT2D eigenvalue weighted by atomic mass is 10.2. The quantitative estimate of drug-likeness (QED) is 0.670. The maximum absolute atomic E-state index is 14.1. The zero-order chi connectivity index (χ0) is 16.1. The van der Waals surface area contributed by atoms with E-state index in [0.29, 0.717) is 6.04 Å². The Morgan fingerprint density at radius 1 is 1.00 bits per heavy atom. The Hall–Kier alpha value is -0.753. The maximum atomic E-state index is 14.1. The van der Waals surface area contributed by atoms with E-state index in [0.717, 1.165) is 5.56 Å². The summed E-state index contributed by atoms with van der Waals surface area (Å²) in [4.78, 5) is 0. The van der Waals surface area contributed by atoms with Crippen LogP contribution in [-0.2, 0) is 19.3 Å². The molecule has 0 fully saturated rings. The van der Waals surface area contributed by atoms with Crippen molar-refractivity contribution in [2.24, 2.45) is 0 Å². The van der Waals surface area contributed by atoms with Crippen molar-refractivity contribution in [1.82, 2.24) is 0 Å². The standard InChI is InChI=1S/C16H27FO3Si/c1-13(2)18-21(19-14(3)4,20-16(5,6)17)12-15-10-8-7-9-11-15/h7-11,13-14H,12H2,1-6H3. The molecular weight excluding hydrogens is 287 g/mol. The minimum atomic E-state index is -3.17. The highest BCUT2D eigenvalue weighted by atomic mass is 28.4. The summed E-state index contributed by atoms with van der Waals surface area (Å²) in [5.41, 5.74) is 1.02. The van der Waals surface area contributed by atoms with Gasteiger partial charge in [0.05, 0.1) is 0 Å². The number of benzene rings is 1. The van der Waals surface area contributed by atoms with Gasteiger partial charge in [0.1, 0.15) is 0 Å². The summed E-state index contributed by atoms with van der Waals surface area (Å²) in [7, 11) is -3.17. The van der Waals surface area contributed by atoms with E-state index in [2.05, 4.69) is 0 Å². The molecule has 21 heavy (non-hydrogen) atoms. The predicted molar refractivity (Wildman–Crippen MR) is 84.6 cm³/mol. The number of rotatable bonds is 8. The average molecular weight is 314 g/mol. The summed E-state index contributed by atoms with van der Waals surface area (Å²) in [6, 6.07) is 10.2. The molecule has 0 amide bonds. The smallest absolute Gasteiger partial charge is 0.371 e. The van der Waals surface area contributed by atoms with E-state index in [4.69, 9.17) is 13.3 Å². The number of hydrogen-bond donors (Lipinski definition) is 0. The fourth-order valence-corrected chi connectivity index (χ4v) is 5.43. The molecule has 1 rings (SSSR count). The molecule has 0 radical (unpaired) electrons.